The van der Waals surface area contributed by atoms with Crippen LogP contribution < -0.4 is 5.48 Å². The van der Waals surface area contributed by atoms with Crippen LogP contribution in [0.25, 0.3) is 0 Å². The van der Waals surface area contributed by atoms with Gasteiger partial charge in [-0.3, -0.25) is 9.63 Å². The Hall–Kier alpha value is -0.610. The van der Waals surface area contributed by atoms with E-state index in [1.165, 1.54) is 0 Å². The second kappa shape index (κ2) is 6.12. The summed E-state index contributed by atoms with van der Waals surface area (Å²) in [6, 6.07) is 0. The predicted octanol–water partition coefficient (Wildman–Crippen LogP) is 0.215. The van der Waals surface area contributed by atoms with E-state index in [0.29, 0.717) is 6.61 Å². The van der Waals surface area contributed by atoms with Gasteiger partial charge in [-0.25, -0.2) is 5.48 Å². The normalized spacial score (nSPS) is 12.6. The summed E-state index contributed by atoms with van der Waals surface area (Å²) in [5, 5.41) is 8.76. The van der Waals surface area contributed by atoms with E-state index in [2.05, 4.69) is 5.48 Å². The number of aliphatic hydroxyl groups is 1. The maximum absolute atomic E-state index is 10.7. The standard InChI is InChI=1S/C7H15NO3/c1-3-4-11-8-7(10)5-6(2)9/h6,9H,3-5H2,1-2H3,(H,8,10). The van der Waals surface area contributed by atoms with Gasteiger partial charge in [0.2, 0.25) is 5.91 Å². The molecule has 0 aromatic heterocycles. The van der Waals surface area contributed by atoms with Gasteiger partial charge in [0.15, 0.2) is 0 Å². The summed E-state index contributed by atoms with van der Waals surface area (Å²) in [5.74, 6) is -0.284. The maximum atomic E-state index is 10.7. The van der Waals surface area contributed by atoms with Gasteiger partial charge in [-0.2, -0.15) is 0 Å². The van der Waals surface area contributed by atoms with E-state index < -0.39 is 6.10 Å². The number of aliphatic hydroxyl groups excluding tert-OH is 1. The Morgan fingerprint density at radius 1 is 1.73 bits per heavy atom. The van der Waals surface area contributed by atoms with Crippen molar-refractivity contribution in [3.05, 3.63) is 0 Å². The van der Waals surface area contributed by atoms with Crippen LogP contribution in [0.5, 0.6) is 0 Å². The molecule has 0 radical (unpaired) electrons. The zero-order valence-corrected chi connectivity index (χ0v) is 6.96. The van der Waals surface area contributed by atoms with Crippen LogP contribution in [-0.2, 0) is 9.63 Å². The molecule has 0 aliphatic carbocycles. The molecular weight excluding hydrogens is 146 g/mol. The van der Waals surface area contributed by atoms with E-state index in [4.69, 9.17) is 9.94 Å². The third kappa shape index (κ3) is 7.29. The summed E-state index contributed by atoms with van der Waals surface area (Å²) < 4.78 is 0. The summed E-state index contributed by atoms with van der Waals surface area (Å²) in [6.45, 7) is 4.01. The van der Waals surface area contributed by atoms with Gasteiger partial charge in [0.05, 0.1) is 19.1 Å². The molecule has 1 unspecified atom stereocenters. The second-order valence-electron chi connectivity index (χ2n) is 2.43. The molecule has 2 N–H and O–H groups in total. The van der Waals surface area contributed by atoms with E-state index in [1.54, 1.807) is 6.92 Å². The summed E-state index contributed by atoms with van der Waals surface area (Å²) in [5.41, 5.74) is 2.22. The number of carbonyl (C=O) groups is 1. The first-order chi connectivity index (χ1) is 5.16. The zero-order valence-electron chi connectivity index (χ0n) is 6.96. The van der Waals surface area contributed by atoms with Crippen LogP contribution in [0, 0.1) is 0 Å². The van der Waals surface area contributed by atoms with Crippen molar-refractivity contribution in [1.82, 2.24) is 5.48 Å². The van der Waals surface area contributed by atoms with Crippen molar-refractivity contribution in [2.45, 2.75) is 32.8 Å². The number of hydroxylamine groups is 1. The van der Waals surface area contributed by atoms with Crippen LogP contribution in [-0.4, -0.2) is 23.7 Å². The monoisotopic (exact) mass is 161 g/mol. The van der Waals surface area contributed by atoms with Crippen LogP contribution >= 0.6 is 0 Å². The van der Waals surface area contributed by atoms with Crippen molar-refractivity contribution in [3.63, 3.8) is 0 Å². The molecule has 0 fully saturated rings. The van der Waals surface area contributed by atoms with Crippen molar-refractivity contribution < 1.29 is 14.7 Å². The molecule has 0 aliphatic heterocycles. The third-order valence-electron chi connectivity index (χ3n) is 0.973. The lowest BCUT2D eigenvalue weighted by molar-refractivity contribution is -0.135. The lowest BCUT2D eigenvalue weighted by Gasteiger charge is -2.05. The maximum Gasteiger partial charge on any atom is 0.246 e. The molecule has 0 aromatic carbocycles. The van der Waals surface area contributed by atoms with Gasteiger partial charge in [-0.15, -0.1) is 0 Å². The molecule has 4 heteroatoms. The molecule has 66 valence electrons. The predicted molar refractivity (Wildman–Crippen MR) is 40.7 cm³/mol. The zero-order chi connectivity index (χ0) is 8.69. The van der Waals surface area contributed by atoms with Gasteiger partial charge in [-0.1, -0.05) is 6.92 Å². The molecule has 0 aliphatic rings. The fourth-order valence-electron chi connectivity index (χ4n) is 0.544. The van der Waals surface area contributed by atoms with Gasteiger partial charge in [0, 0.05) is 0 Å². The van der Waals surface area contributed by atoms with Crippen LogP contribution in [0.15, 0.2) is 0 Å². The smallest absolute Gasteiger partial charge is 0.246 e. The van der Waals surface area contributed by atoms with Crippen molar-refractivity contribution in [2.75, 3.05) is 6.61 Å². The first kappa shape index (κ1) is 10.4. The minimum Gasteiger partial charge on any atom is -0.393 e. The number of amides is 1. The summed E-state index contributed by atoms with van der Waals surface area (Å²) >= 11 is 0. The molecule has 11 heavy (non-hydrogen) atoms. The van der Waals surface area contributed by atoms with E-state index in [-0.39, 0.29) is 12.3 Å². The Balaban J connectivity index is 3.23. The average molecular weight is 161 g/mol. The summed E-state index contributed by atoms with van der Waals surface area (Å²) in [7, 11) is 0. The molecule has 1 atom stereocenters. The molecule has 0 heterocycles. The number of hydrogen-bond acceptors (Lipinski definition) is 3. The fraction of sp³-hybridized carbons (Fsp3) is 0.857. The molecule has 0 aromatic rings. The van der Waals surface area contributed by atoms with Crippen molar-refractivity contribution in [2.24, 2.45) is 0 Å². The molecule has 4 nitrogen and oxygen atoms in total. The molecule has 0 rings (SSSR count). The molecule has 0 saturated carbocycles. The minimum atomic E-state index is -0.611. The lowest BCUT2D eigenvalue weighted by atomic mass is 10.3. The Labute approximate surface area is 66.5 Å². The number of rotatable bonds is 5. The molecular formula is C7H15NO3. The minimum absolute atomic E-state index is 0.0870. The molecule has 0 spiro atoms. The van der Waals surface area contributed by atoms with Crippen LogP contribution in [0.4, 0.5) is 0 Å². The van der Waals surface area contributed by atoms with Crippen LogP contribution in [0.1, 0.15) is 26.7 Å². The highest BCUT2D eigenvalue weighted by Gasteiger charge is 2.04. The number of nitrogens with one attached hydrogen (secondary N) is 1. The first-order valence-electron chi connectivity index (χ1n) is 3.75. The Morgan fingerprint density at radius 2 is 2.36 bits per heavy atom. The lowest BCUT2D eigenvalue weighted by Crippen LogP contribution is -2.26. The highest BCUT2D eigenvalue weighted by Crippen LogP contribution is 1.88. The van der Waals surface area contributed by atoms with Gasteiger partial charge < -0.3 is 5.11 Å². The third-order valence-corrected chi connectivity index (χ3v) is 0.973. The van der Waals surface area contributed by atoms with Crippen molar-refractivity contribution in [3.8, 4) is 0 Å². The number of hydrogen-bond donors (Lipinski definition) is 2. The summed E-state index contributed by atoms with van der Waals surface area (Å²) in [6.07, 6.45) is 0.332. The van der Waals surface area contributed by atoms with Gasteiger partial charge in [0.25, 0.3) is 0 Å². The largest absolute Gasteiger partial charge is 0.393 e. The highest BCUT2D eigenvalue weighted by molar-refractivity contribution is 5.75. The van der Waals surface area contributed by atoms with Crippen LogP contribution in [0.2, 0.25) is 0 Å². The molecule has 0 saturated heterocycles. The molecule has 0 bridgehead atoms. The molecule has 1 amide bonds. The fourth-order valence-corrected chi connectivity index (χ4v) is 0.544. The van der Waals surface area contributed by atoms with Gasteiger partial charge in [0.1, 0.15) is 0 Å². The van der Waals surface area contributed by atoms with E-state index in [1.807, 2.05) is 6.92 Å². The SMILES string of the molecule is CCCONC(=O)CC(C)O. The van der Waals surface area contributed by atoms with Crippen LogP contribution in [0.3, 0.4) is 0 Å². The summed E-state index contributed by atoms with van der Waals surface area (Å²) in [4.78, 5) is 15.5. The van der Waals surface area contributed by atoms with E-state index >= 15 is 0 Å². The first-order valence-corrected chi connectivity index (χ1v) is 3.75. The average Bonchev–Trinajstić information content (AvgIpc) is 1.86. The topological polar surface area (TPSA) is 58.6 Å². The Bertz CT molecular complexity index is 114. The van der Waals surface area contributed by atoms with Gasteiger partial charge in [-0.05, 0) is 13.3 Å². The van der Waals surface area contributed by atoms with Crippen molar-refractivity contribution in [1.29, 1.82) is 0 Å². The second-order valence-corrected chi connectivity index (χ2v) is 2.43. The quantitative estimate of drug-likeness (QED) is 0.448. The number of carbonyl (C=O) groups excluding carboxylic acids is 1. The Morgan fingerprint density at radius 3 is 2.82 bits per heavy atom. The van der Waals surface area contributed by atoms with E-state index in [0.717, 1.165) is 6.42 Å². The Kier molecular flexibility index (Phi) is 5.78. The van der Waals surface area contributed by atoms with Gasteiger partial charge >= 0.3 is 0 Å². The van der Waals surface area contributed by atoms with Crippen molar-refractivity contribution >= 4 is 5.91 Å². The van der Waals surface area contributed by atoms with E-state index in [9.17, 15) is 4.79 Å². The highest BCUT2D eigenvalue weighted by atomic mass is 16.6.